The van der Waals surface area contributed by atoms with Gasteiger partial charge in [-0.15, -0.1) is 10.2 Å². The summed E-state index contributed by atoms with van der Waals surface area (Å²) >= 11 is 0. The minimum absolute atomic E-state index is 0.505. The van der Waals surface area contributed by atoms with E-state index in [9.17, 15) is 0 Å². The first kappa shape index (κ1) is 13.7. The lowest BCUT2D eigenvalue weighted by molar-refractivity contribution is 0.232. The van der Waals surface area contributed by atoms with Gasteiger partial charge in [-0.3, -0.25) is 0 Å². The lowest BCUT2D eigenvalue weighted by Gasteiger charge is -2.33. The van der Waals surface area contributed by atoms with Crippen molar-refractivity contribution in [2.75, 3.05) is 31.1 Å². The average Bonchev–Trinajstić information content (AvgIpc) is 3.00. The third-order valence-corrected chi connectivity index (χ3v) is 5.15. The second kappa shape index (κ2) is 5.69. The maximum Gasteiger partial charge on any atom is 0.151 e. The zero-order chi connectivity index (χ0) is 14.8. The molecule has 1 spiro atoms. The van der Waals surface area contributed by atoms with Crippen molar-refractivity contribution in [3.05, 3.63) is 42.5 Å². The van der Waals surface area contributed by atoms with E-state index >= 15 is 0 Å². The maximum atomic E-state index is 4.48. The molecule has 3 heterocycles. The van der Waals surface area contributed by atoms with E-state index in [1.54, 1.807) is 0 Å². The number of rotatable bonds is 2. The summed E-state index contributed by atoms with van der Waals surface area (Å²) in [6.45, 7) is 4.56. The molecular formula is C18H22N4. The topological polar surface area (TPSA) is 41.0 Å². The standard InChI is InChI=1S/C18H22N4/c1-2-4-15(5-3-1)16-6-7-17(21-20-16)22-13-10-18(14-22)8-11-19-12-9-18/h1-7,19H,8-14H2. The van der Waals surface area contributed by atoms with Gasteiger partial charge in [0.1, 0.15) is 0 Å². The molecule has 2 aromatic rings. The number of hydrogen-bond acceptors (Lipinski definition) is 4. The smallest absolute Gasteiger partial charge is 0.151 e. The van der Waals surface area contributed by atoms with Crippen molar-refractivity contribution in [2.45, 2.75) is 19.3 Å². The molecule has 0 amide bonds. The fourth-order valence-electron chi connectivity index (χ4n) is 3.75. The van der Waals surface area contributed by atoms with Gasteiger partial charge in [-0.1, -0.05) is 30.3 Å². The normalized spacial score (nSPS) is 20.5. The van der Waals surface area contributed by atoms with Crippen LogP contribution in [0.15, 0.2) is 42.5 Å². The van der Waals surface area contributed by atoms with Crippen LogP contribution in [-0.2, 0) is 0 Å². The lowest BCUT2D eigenvalue weighted by Crippen LogP contribution is -2.38. The van der Waals surface area contributed by atoms with Crippen molar-refractivity contribution in [3.63, 3.8) is 0 Å². The first-order valence-electron chi connectivity index (χ1n) is 8.20. The first-order valence-corrected chi connectivity index (χ1v) is 8.20. The number of aromatic nitrogens is 2. The van der Waals surface area contributed by atoms with Crippen molar-refractivity contribution in [1.82, 2.24) is 15.5 Å². The van der Waals surface area contributed by atoms with Crippen molar-refractivity contribution < 1.29 is 0 Å². The van der Waals surface area contributed by atoms with E-state index in [2.05, 4.69) is 44.7 Å². The molecule has 2 aliphatic rings. The summed E-state index contributed by atoms with van der Waals surface area (Å²) < 4.78 is 0. The highest BCUT2D eigenvalue weighted by molar-refractivity contribution is 5.59. The monoisotopic (exact) mass is 294 g/mol. The van der Waals surface area contributed by atoms with Crippen LogP contribution in [0.25, 0.3) is 11.3 Å². The summed E-state index contributed by atoms with van der Waals surface area (Å²) in [5.41, 5.74) is 2.57. The molecule has 0 aliphatic carbocycles. The molecule has 4 rings (SSSR count). The minimum Gasteiger partial charge on any atom is -0.355 e. The SMILES string of the molecule is c1ccc(-c2ccc(N3CCC4(CCNCC4)C3)nn2)cc1. The number of hydrogen-bond donors (Lipinski definition) is 1. The molecule has 2 fully saturated rings. The van der Waals surface area contributed by atoms with Crippen molar-refractivity contribution in [1.29, 1.82) is 0 Å². The second-order valence-corrected chi connectivity index (χ2v) is 6.56. The van der Waals surface area contributed by atoms with Gasteiger partial charge in [-0.25, -0.2) is 0 Å². The zero-order valence-corrected chi connectivity index (χ0v) is 12.8. The Morgan fingerprint density at radius 1 is 0.909 bits per heavy atom. The molecule has 1 aromatic carbocycles. The van der Waals surface area contributed by atoms with E-state index < -0.39 is 0 Å². The average molecular weight is 294 g/mol. The number of piperidine rings is 1. The van der Waals surface area contributed by atoms with Crippen molar-refractivity contribution in [3.8, 4) is 11.3 Å². The molecule has 4 nitrogen and oxygen atoms in total. The van der Waals surface area contributed by atoms with E-state index in [1.807, 2.05) is 18.2 Å². The van der Waals surface area contributed by atoms with Gasteiger partial charge in [0.05, 0.1) is 5.69 Å². The third kappa shape index (κ3) is 2.59. The molecule has 0 bridgehead atoms. The van der Waals surface area contributed by atoms with Gasteiger partial charge >= 0.3 is 0 Å². The van der Waals surface area contributed by atoms with E-state index in [-0.39, 0.29) is 0 Å². The Hall–Kier alpha value is -1.94. The molecule has 0 atom stereocenters. The number of benzene rings is 1. The fraction of sp³-hybridized carbons (Fsp3) is 0.444. The van der Waals surface area contributed by atoms with Gasteiger partial charge in [-0.05, 0) is 49.9 Å². The van der Waals surface area contributed by atoms with E-state index in [0.717, 1.165) is 43.3 Å². The highest BCUT2D eigenvalue weighted by atomic mass is 15.3. The molecule has 22 heavy (non-hydrogen) atoms. The van der Waals surface area contributed by atoms with E-state index in [0.29, 0.717) is 5.41 Å². The van der Waals surface area contributed by atoms with Crippen molar-refractivity contribution >= 4 is 5.82 Å². The van der Waals surface area contributed by atoms with Gasteiger partial charge in [0.15, 0.2) is 5.82 Å². The highest BCUT2D eigenvalue weighted by Crippen LogP contribution is 2.39. The number of nitrogens with one attached hydrogen (secondary N) is 1. The Kier molecular flexibility index (Phi) is 3.54. The third-order valence-electron chi connectivity index (χ3n) is 5.15. The van der Waals surface area contributed by atoms with E-state index in [1.165, 1.54) is 19.3 Å². The fourth-order valence-corrected chi connectivity index (χ4v) is 3.75. The molecule has 0 radical (unpaired) electrons. The summed E-state index contributed by atoms with van der Waals surface area (Å²) in [4.78, 5) is 2.41. The van der Waals surface area contributed by atoms with Crippen molar-refractivity contribution in [2.24, 2.45) is 5.41 Å². The number of anilines is 1. The van der Waals surface area contributed by atoms with Crippen LogP contribution in [0.1, 0.15) is 19.3 Å². The van der Waals surface area contributed by atoms with Crippen LogP contribution in [0.4, 0.5) is 5.82 Å². The van der Waals surface area contributed by atoms with Gasteiger partial charge in [0.25, 0.3) is 0 Å². The Balaban J connectivity index is 1.50. The summed E-state index contributed by atoms with van der Waals surface area (Å²) in [5, 5.41) is 12.4. The summed E-state index contributed by atoms with van der Waals surface area (Å²) in [5.74, 6) is 1.02. The first-order chi connectivity index (χ1) is 10.8. The van der Waals surface area contributed by atoms with Gasteiger partial charge in [0.2, 0.25) is 0 Å². The largest absolute Gasteiger partial charge is 0.355 e. The Morgan fingerprint density at radius 2 is 1.73 bits per heavy atom. The summed E-state index contributed by atoms with van der Waals surface area (Å²) in [6, 6.07) is 14.4. The molecule has 1 N–H and O–H groups in total. The van der Waals surface area contributed by atoms with Gasteiger partial charge in [-0.2, -0.15) is 0 Å². The molecular weight excluding hydrogens is 272 g/mol. The van der Waals surface area contributed by atoms with Crippen LogP contribution in [0.3, 0.4) is 0 Å². The highest BCUT2D eigenvalue weighted by Gasteiger charge is 2.39. The van der Waals surface area contributed by atoms with Crippen LogP contribution >= 0.6 is 0 Å². The minimum atomic E-state index is 0.505. The quantitative estimate of drug-likeness (QED) is 0.924. The van der Waals surface area contributed by atoms with Gasteiger partial charge in [0, 0.05) is 18.7 Å². The molecule has 4 heteroatoms. The number of nitrogens with zero attached hydrogens (tertiary/aromatic N) is 3. The molecule has 0 saturated carbocycles. The summed E-state index contributed by atoms with van der Waals surface area (Å²) in [7, 11) is 0. The van der Waals surface area contributed by atoms with Gasteiger partial charge < -0.3 is 10.2 Å². The molecule has 0 unspecified atom stereocenters. The van der Waals surface area contributed by atoms with E-state index in [4.69, 9.17) is 0 Å². The maximum absolute atomic E-state index is 4.48. The van der Waals surface area contributed by atoms with Crippen LogP contribution in [-0.4, -0.2) is 36.4 Å². The predicted octanol–water partition coefficient (Wildman–Crippen LogP) is 2.72. The Labute approximate surface area is 131 Å². The molecule has 2 saturated heterocycles. The summed E-state index contributed by atoms with van der Waals surface area (Å²) in [6.07, 6.45) is 3.87. The second-order valence-electron chi connectivity index (χ2n) is 6.56. The predicted molar refractivity (Wildman–Crippen MR) is 88.8 cm³/mol. The van der Waals surface area contributed by atoms with Crippen LogP contribution < -0.4 is 10.2 Å². The Morgan fingerprint density at radius 3 is 2.45 bits per heavy atom. The molecule has 1 aromatic heterocycles. The molecule has 114 valence electrons. The Bertz CT molecular complexity index is 617. The molecule has 2 aliphatic heterocycles. The van der Waals surface area contributed by atoms with Crippen LogP contribution in [0.2, 0.25) is 0 Å². The van der Waals surface area contributed by atoms with Crippen LogP contribution in [0, 0.1) is 5.41 Å². The van der Waals surface area contributed by atoms with Crippen LogP contribution in [0.5, 0.6) is 0 Å². The zero-order valence-electron chi connectivity index (χ0n) is 12.8. The lowest BCUT2D eigenvalue weighted by atomic mass is 9.78.